The Kier molecular flexibility index (Phi) is 3.96. The summed E-state index contributed by atoms with van der Waals surface area (Å²) in [5.74, 6) is 1.73. The Morgan fingerprint density at radius 1 is 1.55 bits per heavy atom. The second-order valence-corrected chi connectivity index (χ2v) is 6.33. The topological polar surface area (TPSA) is 41.8 Å². The number of nitrogens with zero attached hydrogens (tertiary/aromatic N) is 3. The van der Waals surface area contributed by atoms with Crippen LogP contribution in [0.2, 0.25) is 0 Å². The van der Waals surface area contributed by atoms with Crippen LogP contribution in [0.4, 0.5) is 5.82 Å². The normalized spacial score (nSPS) is 23.6. The highest BCUT2D eigenvalue weighted by Gasteiger charge is 2.29. The molecule has 20 heavy (non-hydrogen) atoms. The van der Waals surface area contributed by atoms with Crippen LogP contribution in [0, 0.1) is 5.92 Å². The Bertz CT molecular complexity index is 579. The van der Waals surface area contributed by atoms with Crippen molar-refractivity contribution in [2.45, 2.75) is 26.0 Å². The van der Waals surface area contributed by atoms with Crippen molar-refractivity contribution in [3.63, 3.8) is 0 Å². The molecule has 1 N–H and O–H groups in total. The van der Waals surface area contributed by atoms with Gasteiger partial charge in [-0.05, 0) is 19.4 Å². The van der Waals surface area contributed by atoms with Crippen LogP contribution in [0.5, 0.6) is 0 Å². The van der Waals surface area contributed by atoms with Gasteiger partial charge in [-0.2, -0.15) is 0 Å². The van der Waals surface area contributed by atoms with Gasteiger partial charge in [0.05, 0.1) is 11.8 Å². The van der Waals surface area contributed by atoms with E-state index in [-0.39, 0.29) is 0 Å². The Morgan fingerprint density at radius 2 is 2.40 bits per heavy atom. The summed E-state index contributed by atoms with van der Waals surface area (Å²) in [5, 5.41) is 5.34. The van der Waals surface area contributed by atoms with Crippen LogP contribution in [-0.4, -0.2) is 42.7 Å². The smallest absolute Gasteiger partial charge is 0.195 e. The molecule has 2 aromatic heterocycles. The molecule has 1 fully saturated rings. The predicted octanol–water partition coefficient (Wildman–Crippen LogP) is 1.98. The minimum Gasteiger partial charge on any atom is -0.379 e. The molecule has 3 rings (SSSR count). The lowest BCUT2D eigenvalue weighted by molar-refractivity contribution is 0.0496. The molecular formula is C14H22N4OS. The number of methoxy groups -OCH3 is 1. The van der Waals surface area contributed by atoms with E-state index < -0.39 is 0 Å². The van der Waals surface area contributed by atoms with Crippen molar-refractivity contribution in [3.05, 3.63) is 17.3 Å². The molecule has 0 bridgehead atoms. The zero-order chi connectivity index (χ0) is 14.1. The van der Waals surface area contributed by atoms with E-state index in [1.54, 1.807) is 11.3 Å². The van der Waals surface area contributed by atoms with Crippen molar-refractivity contribution in [1.29, 1.82) is 0 Å². The first-order valence-corrected chi connectivity index (χ1v) is 7.99. The number of thiazole rings is 1. The summed E-state index contributed by atoms with van der Waals surface area (Å²) in [6, 6.07) is 0. The van der Waals surface area contributed by atoms with Gasteiger partial charge in [0, 0.05) is 38.3 Å². The second-order valence-electron chi connectivity index (χ2n) is 5.45. The quantitative estimate of drug-likeness (QED) is 0.936. The van der Waals surface area contributed by atoms with Gasteiger partial charge < -0.3 is 15.0 Å². The maximum Gasteiger partial charge on any atom is 0.195 e. The van der Waals surface area contributed by atoms with Crippen molar-refractivity contribution in [2.24, 2.45) is 5.92 Å². The van der Waals surface area contributed by atoms with E-state index in [0.29, 0.717) is 12.0 Å². The molecule has 6 heteroatoms. The average Bonchev–Trinajstić information content (AvgIpc) is 3.02. The van der Waals surface area contributed by atoms with E-state index in [1.807, 2.05) is 14.2 Å². The number of nitrogens with one attached hydrogen (secondary N) is 1. The minimum absolute atomic E-state index is 0.297. The highest BCUT2D eigenvalue weighted by atomic mass is 32.1. The fourth-order valence-corrected chi connectivity index (χ4v) is 3.67. The largest absolute Gasteiger partial charge is 0.379 e. The molecule has 110 valence electrons. The number of hydrogen-bond acceptors (Lipinski definition) is 5. The van der Waals surface area contributed by atoms with Gasteiger partial charge in [-0.25, -0.2) is 4.98 Å². The second kappa shape index (κ2) is 5.71. The van der Waals surface area contributed by atoms with Gasteiger partial charge in [0.15, 0.2) is 10.8 Å². The number of imidazole rings is 1. The van der Waals surface area contributed by atoms with Crippen LogP contribution in [0.25, 0.3) is 4.96 Å². The van der Waals surface area contributed by atoms with Gasteiger partial charge in [-0.15, -0.1) is 11.3 Å². The van der Waals surface area contributed by atoms with Crippen LogP contribution < -0.4 is 10.2 Å². The lowest BCUT2D eigenvalue weighted by Crippen LogP contribution is -2.44. The predicted molar refractivity (Wildman–Crippen MR) is 82.6 cm³/mol. The third-order valence-electron chi connectivity index (χ3n) is 4.18. The molecular weight excluding hydrogens is 272 g/mol. The molecule has 1 aliphatic rings. The third-order valence-corrected chi connectivity index (χ3v) is 4.93. The first-order valence-electron chi connectivity index (χ1n) is 7.11. The molecule has 0 amide bonds. The van der Waals surface area contributed by atoms with E-state index >= 15 is 0 Å². The summed E-state index contributed by atoms with van der Waals surface area (Å²) < 4.78 is 7.81. The zero-order valence-electron chi connectivity index (χ0n) is 12.3. The summed E-state index contributed by atoms with van der Waals surface area (Å²) >= 11 is 1.69. The van der Waals surface area contributed by atoms with E-state index in [0.717, 1.165) is 36.8 Å². The van der Waals surface area contributed by atoms with E-state index in [1.165, 1.54) is 5.69 Å². The monoisotopic (exact) mass is 294 g/mol. The minimum atomic E-state index is 0.297. The molecule has 0 aromatic carbocycles. The van der Waals surface area contributed by atoms with Crippen molar-refractivity contribution >= 4 is 22.1 Å². The van der Waals surface area contributed by atoms with Crippen LogP contribution >= 0.6 is 11.3 Å². The Hall–Kier alpha value is -1.11. The van der Waals surface area contributed by atoms with Crippen LogP contribution in [0.1, 0.15) is 19.0 Å². The van der Waals surface area contributed by atoms with Gasteiger partial charge in [0.1, 0.15) is 0 Å². The van der Waals surface area contributed by atoms with Gasteiger partial charge in [-0.3, -0.25) is 4.40 Å². The number of rotatable bonds is 4. The van der Waals surface area contributed by atoms with Crippen LogP contribution in [0.3, 0.4) is 0 Å². The van der Waals surface area contributed by atoms with Crippen LogP contribution in [-0.2, 0) is 11.3 Å². The highest BCUT2D eigenvalue weighted by Crippen LogP contribution is 2.29. The third kappa shape index (κ3) is 2.32. The average molecular weight is 294 g/mol. The fraction of sp³-hybridized carbons (Fsp3) is 0.643. The molecule has 0 saturated carbocycles. The Morgan fingerprint density at radius 3 is 3.15 bits per heavy atom. The zero-order valence-corrected chi connectivity index (χ0v) is 13.1. The van der Waals surface area contributed by atoms with Gasteiger partial charge in [-0.1, -0.05) is 6.92 Å². The number of fused-ring (bicyclic) bond motifs is 1. The molecule has 2 atom stereocenters. The van der Waals surface area contributed by atoms with E-state index in [4.69, 9.17) is 9.72 Å². The number of hydrogen-bond donors (Lipinski definition) is 1. The fourth-order valence-electron chi connectivity index (χ4n) is 2.94. The summed E-state index contributed by atoms with van der Waals surface area (Å²) in [4.78, 5) is 8.26. The van der Waals surface area contributed by atoms with Gasteiger partial charge in [0.2, 0.25) is 0 Å². The molecule has 3 heterocycles. The summed E-state index contributed by atoms with van der Waals surface area (Å²) in [6.07, 6.45) is 3.55. The lowest BCUT2D eigenvalue weighted by atomic mass is 9.96. The highest BCUT2D eigenvalue weighted by molar-refractivity contribution is 7.15. The number of aromatic nitrogens is 2. The maximum absolute atomic E-state index is 5.62. The summed E-state index contributed by atoms with van der Waals surface area (Å²) in [7, 11) is 3.79. The molecule has 1 aliphatic heterocycles. The number of piperidine rings is 1. The van der Waals surface area contributed by atoms with Crippen molar-refractivity contribution in [3.8, 4) is 0 Å². The molecule has 0 spiro atoms. The molecule has 5 nitrogen and oxygen atoms in total. The SMILES string of the molecule is CNCc1c(N2CCC(C)C(OC)C2)nc2sccn12. The van der Waals surface area contributed by atoms with Crippen molar-refractivity contribution < 1.29 is 4.74 Å². The van der Waals surface area contributed by atoms with Crippen molar-refractivity contribution in [2.75, 3.05) is 32.1 Å². The first-order chi connectivity index (χ1) is 9.74. The van der Waals surface area contributed by atoms with Crippen LogP contribution in [0.15, 0.2) is 11.6 Å². The van der Waals surface area contributed by atoms with Gasteiger partial charge >= 0.3 is 0 Å². The lowest BCUT2D eigenvalue weighted by Gasteiger charge is -2.36. The maximum atomic E-state index is 5.62. The molecule has 2 aromatic rings. The Labute approximate surface area is 123 Å². The number of ether oxygens (including phenoxy) is 1. The van der Waals surface area contributed by atoms with Gasteiger partial charge in [0.25, 0.3) is 0 Å². The van der Waals surface area contributed by atoms with E-state index in [2.05, 4.69) is 33.1 Å². The first kappa shape index (κ1) is 13.9. The van der Waals surface area contributed by atoms with E-state index in [9.17, 15) is 0 Å². The summed E-state index contributed by atoms with van der Waals surface area (Å²) in [5.41, 5.74) is 1.24. The number of anilines is 1. The van der Waals surface area contributed by atoms with Crippen molar-refractivity contribution in [1.82, 2.24) is 14.7 Å². The molecule has 0 radical (unpaired) electrons. The molecule has 1 saturated heterocycles. The molecule has 0 aliphatic carbocycles. The molecule has 2 unspecified atom stereocenters. The summed E-state index contributed by atoms with van der Waals surface area (Å²) in [6.45, 7) is 5.09. The standard InChI is InChI=1S/C14H22N4OS/c1-10-4-5-17(9-12(10)19-3)13-11(8-15-2)18-6-7-20-14(18)16-13/h6-7,10,12,15H,4-5,8-9H2,1-3H3. The Balaban J connectivity index is 1.92.